The molecule has 2 aliphatic rings. The van der Waals surface area contributed by atoms with Crippen molar-refractivity contribution >= 4 is 6.09 Å². The van der Waals surface area contributed by atoms with Gasteiger partial charge in [-0.3, -0.25) is 0 Å². The van der Waals surface area contributed by atoms with Crippen molar-refractivity contribution in [2.24, 2.45) is 0 Å². The van der Waals surface area contributed by atoms with Gasteiger partial charge in [-0.05, 0) is 37.7 Å². The highest BCUT2D eigenvalue weighted by Crippen LogP contribution is 2.32. The Morgan fingerprint density at radius 1 is 1.00 bits per heavy atom. The topological polar surface area (TPSA) is 32.8 Å². The fraction of sp³-hybridized carbons (Fsp3) is 0.562. The van der Waals surface area contributed by atoms with Crippen molar-refractivity contribution in [2.45, 2.75) is 38.1 Å². The highest BCUT2D eigenvalue weighted by atomic mass is 16.7. The van der Waals surface area contributed by atoms with E-state index in [-0.39, 0.29) is 12.1 Å². The van der Waals surface area contributed by atoms with Crippen LogP contribution in [0.15, 0.2) is 30.3 Å². The van der Waals surface area contributed by atoms with Gasteiger partial charge in [0.05, 0.1) is 6.04 Å². The lowest BCUT2D eigenvalue weighted by molar-refractivity contribution is -0.124. The van der Waals surface area contributed by atoms with E-state index in [1.54, 1.807) is 0 Å². The number of nitrogens with zero attached hydrogens (tertiary/aromatic N) is 2. The molecule has 0 spiro atoms. The molecule has 1 aromatic rings. The number of hydrogen-bond donors (Lipinski definition) is 0. The quantitative estimate of drug-likeness (QED) is 0.829. The lowest BCUT2D eigenvalue weighted by Gasteiger charge is -2.30. The first-order valence-corrected chi connectivity index (χ1v) is 7.63. The molecule has 2 aliphatic heterocycles. The predicted octanol–water partition coefficient (Wildman–Crippen LogP) is 3.36. The molecule has 4 heteroatoms. The third-order valence-corrected chi connectivity index (χ3v) is 4.20. The van der Waals surface area contributed by atoms with Crippen molar-refractivity contribution < 1.29 is 9.63 Å². The first-order chi connectivity index (χ1) is 9.84. The molecule has 0 aromatic heterocycles. The van der Waals surface area contributed by atoms with Crippen molar-refractivity contribution in [3.8, 4) is 0 Å². The number of piperidine rings is 1. The summed E-state index contributed by atoms with van der Waals surface area (Å²) in [6, 6.07) is 10.5. The molecule has 1 atom stereocenters. The number of hydroxylamine groups is 2. The second kappa shape index (κ2) is 6.27. The number of carbonyl (C=O) groups is 1. The van der Waals surface area contributed by atoms with Crippen LogP contribution in [-0.4, -0.2) is 35.7 Å². The Morgan fingerprint density at radius 2 is 1.75 bits per heavy atom. The van der Waals surface area contributed by atoms with Gasteiger partial charge >= 0.3 is 6.09 Å². The van der Waals surface area contributed by atoms with Crippen molar-refractivity contribution in [2.75, 3.05) is 19.6 Å². The van der Waals surface area contributed by atoms with Gasteiger partial charge in [0.1, 0.15) is 0 Å². The van der Waals surface area contributed by atoms with Crippen LogP contribution in [-0.2, 0) is 4.84 Å². The molecular weight excluding hydrogens is 252 g/mol. The Morgan fingerprint density at radius 3 is 2.50 bits per heavy atom. The predicted molar refractivity (Wildman–Crippen MR) is 77.0 cm³/mol. The zero-order valence-corrected chi connectivity index (χ0v) is 11.8. The van der Waals surface area contributed by atoms with Crippen LogP contribution in [0.5, 0.6) is 0 Å². The summed E-state index contributed by atoms with van der Waals surface area (Å²) in [7, 11) is 0. The maximum Gasteiger partial charge on any atom is 0.428 e. The lowest BCUT2D eigenvalue weighted by atomic mass is 10.1. The number of likely N-dealkylation sites (tertiary alicyclic amines) is 1. The van der Waals surface area contributed by atoms with E-state index in [1.807, 2.05) is 28.2 Å². The van der Waals surface area contributed by atoms with Crippen LogP contribution < -0.4 is 0 Å². The molecule has 2 heterocycles. The number of amides is 1. The highest BCUT2D eigenvalue weighted by molar-refractivity contribution is 5.67. The minimum absolute atomic E-state index is 0.174. The molecule has 1 unspecified atom stereocenters. The van der Waals surface area contributed by atoms with Crippen LogP contribution in [0.25, 0.3) is 0 Å². The van der Waals surface area contributed by atoms with E-state index in [1.165, 1.54) is 12.0 Å². The lowest BCUT2D eigenvalue weighted by Crippen LogP contribution is -2.40. The number of hydrogen-bond acceptors (Lipinski definition) is 3. The van der Waals surface area contributed by atoms with Gasteiger partial charge in [0.25, 0.3) is 0 Å². The molecule has 0 bridgehead atoms. The summed E-state index contributed by atoms with van der Waals surface area (Å²) in [6.45, 7) is 2.50. The Kier molecular flexibility index (Phi) is 4.21. The van der Waals surface area contributed by atoms with Crippen molar-refractivity contribution in [1.29, 1.82) is 0 Å². The van der Waals surface area contributed by atoms with Gasteiger partial charge in [-0.1, -0.05) is 30.3 Å². The maximum absolute atomic E-state index is 12.2. The molecule has 2 fully saturated rings. The van der Waals surface area contributed by atoms with E-state index >= 15 is 0 Å². The smallest absolute Gasteiger partial charge is 0.350 e. The molecule has 0 aliphatic carbocycles. The summed E-state index contributed by atoms with van der Waals surface area (Å²) in [5.41, 5.74) is 1.23. The monoisotopic (exact) mass is 274 g/mol. The summed E-state index contributed by atoms with van der Waals surface area (Å²) < 4.78 is 0. The third kappa shape index (κ3) is 2.96. The Bertz CT molecular complexity index is 443. The first-order valence-electron chi connectivity index (χ1n) is 7.63. The van der Waals surface area contributed by atoms with Gasteiger partial charge in [-0.2, -0.15) is 0 Å². The molecule has 2 saturated heterocycles. The van der Waals surface area contributed by atoms with E-state index in [0.29, 0.717) is 0 Å². The SMILES string of the molecule is O=C(ON1CCCC1c1ccccc1)N1CCCCC1. The zero-order chi connectivity index (χ0) is 13.8. The van der Waals surface area contributed by atoms with Gasteiger partial charge in [0, 0.05) is 19.6 Å². The third-order valence-electron chi connectivity index (χ3n) is 4.20. The van der Waals surface area contributed by atoms with Gasteiger partial charge in [0.15, 0.2) is 0 Å². The zero-order valence-electron chi connectivity index (χ0n) is 11.8. The molecule has 1 amide bonds. The van der Waals surface area contributed by atoms with Crippen LogP contribution in [0.1, 0.15) is 43.7 Å². The number of carbonyl (C=O) groups excluding carboxylic acids is 1. The summed E-state index contributed by atoms with van der Waals surface area (Å²) in [5.74, 6) is 0. The van der Waals surface area contributed by atoms with Crippen molar-refractivity contribution in [3.63, 3.8) is 0 Å². The molecule has 1 aromatic carbocycles. The molecule has 108 valence electrons. The van der Waals surface area contributed by atoms with Crippen LogP contribution in [0.3, 0.4) is 0 Å². The number of rotatable bonds is 2. The average Bonchev–Trinajstić information content (AvgIpc) is 2.97. The van der Waals surface area contributed by atoms with Crippen LogP contribution >= 0.6 is 0 Å². The van der Waals surface area contributed by atoms with Crippen LogP contribution in [0.4, 0.5) is 4.79 Å². The molecule has 0 N–H and O–H groups in total. The second-order valence-corrected chi connectivity index (χ2v) is 5.61. The molecular formula is C16H22N2O2. The van der Waals surface area contributed by atoms with E-state index in [4.69, 9.17) is 4.84 Å². The van der Waals surface area contributed by atoms with Crippen LogP contribution in [0.2, 0.25) is 0 Å². The van der Waals surface area contributed by atoms with Crippen molar-refractivity contribution in [1.82, 2.24) is 9.96 Å². The fourth-order valence-corrected chi connectivity index (χ4v) is 3.09. The van der Waals surface area contributed by atoms with Gasteiger partial charge in [-0.25, -0.2) is 4.79 Å². The Hall–Kier alpha value is -1.55. The van der Waals surface area contributed by atoms with Crippen molar-refractivity contribution in [3.05, 3.63) is 35.9 Å². The Labute approximate surface area is 120 Å². The summed E-state index contributed by atoms with van der Waals surface area (Å²) in [5, 5.41) is 1.87. The minimum atomic E-state index is -0.174. The van der Waals surface area contributed by atoms with Gasteiger partial charge in [0.2, 0.25) is 0 Å². The van der Waals surface area contributed by atoms with E-state index in [9.17, 15) is 4.79 Å². The molecule has 20 heavy (non-hydrogen) atoms. The highest BCUT2D eigenvalue weighted by Gasteiger charge is 2.31. The Balaban J connectivity index is 1.62. The molecule has 0 radical (unpaired) electrons. The summed E-state index contributed by atoms with van der Waals surface area (Å²) >= 11 is 0. The van der Waals surface area contributed by atoms with E-state index in [0.717, 1.165) is 45.3 Å². The van der Waals surface area contributed by atoms with Gasteiger partial charge in [-0.15, -0.1) is 5.06 Å². The summed E-state index contributed by atoms with van der Waals surface area (Å²) in [6.07, 6.45) is 5.37. The largest absolute Gasteiger partial charge is 0.428 e. The maximum atomic E-state index is 12.2. The standard InChI is InChI=1S/C16H22N2O2/c19-16(17-11-5-2-6-12-17)20-18-13-7-10-15(18)14-8-3-1-4-9-14/h1,3-4,8-9,15H,2,5-7,10-13H2. The molecule has 3 rings (SSSR count). The molecule has 4 nitrogen and oxygen atoms in total. The minimum Gasteiger partial charge on any atom is -0.350 e. The average molecular weight is 274 g/mol. The second-order valence-electron chi connectivity index (χ2n) is 5.61. The first kappa shape index (κ1) is 13.4. The van der Waals surface area contributed by atoms with E-state index < -0.39 is 0 Å². The fourth-order valence-electron chi connectivity index (χ4n) is 3.09. The molecule has 0 saturated carbocycles. The summed E-state index contributed by atoms with van der Waals surface area (Å²) in [4.78, 5) is 19.7. The van der Waals surface area contributed by atoms with Crippen LogP contribution in [0, 0.1) is 0 Å². The van der Waals surface area contributed by atoms with Gasteiger partial charge < -0.3 is 9.74 Å². The normalized spacial score (nSPS) is 23.8. The number of benzene rings is 1. The van der Waals surface area contributed by atoms with E-state index in [2.05, 4.69) is 12.1 Å².